The number of rotatable bonds is 5. The number of hydrogen-bond acceptors (Lipinski definition) is 2. The quantitative estimate of drug-likeness (QED) is 0.836. The molecule has 0 bridgehead atoms. The standard InChI is InChI=1S/C12H18N4/c1-10(11-8-13-9-16(11)2)4-3-5-12-14-6-7-15-12/h6-10H,3-5H2,1-2H3,(H,14,15). The molecule has 0 aliphatic heterocycles. The molecule has 2 aromatic heterocycles. The summed E-state index contributed by atoms with van der Waals surface area (Å²) in [5, 5.41) is 0. The Morgan fingerprint density at radius 1 is 1.50 bits per heavy atom. The fraction of sp³-hybridized carbons (Fsp3) is 0.500. The monoisotopic (exact) mass is 218 g/mol. The third kappa shape index (κ3) is 2.51. The zero-order valence-corrected chi connectivity index (χ0v) is 9.85. The van der Waals surface area contributed by atoms with E-state index in [0.29, 0.717) is 5.92 Å². The minimum Gasteiger partial charge on any atom is -0.349 e. The van der Waals surface area contributed by atoms with Crippen LogP contribution in [0.4, 0.5) is 0 Å². The highest BCUT2D eigenvalue weighted by Crippen LogP contribution is 2.20. The van der Waals surface area contributed by atoms with Crippen molar-refractivity contribution >= 4 is 0 Å². The molecular formula is C12H18N4. The lowest BCUT2D eigenvalue weighted by Crippen LogP contribution is -2.01. The van der Waals surface area contributed by atoms with Crippen molar-refractivity contribution in [2.45, 2.75) is 32.1 Å². The van der Waals surface area contributed by atoms with Gasteiger partial charge in [-0.15, -0.1) is 0 Å². The number of H-pyrrole nitrogens is 1. The van der Waals surface area contributed by atoms with Gasteiger partial charge >= 0.3 is 0 Å². The van der Waals surface area contributed by atoms with Gasteiger partial charge in [0.2, 0.25) is 0 Å². The van der Waals surface area contributed by atoms with Gasteiger partial charge in [0.15, 0.2) is 0 Å². The summed E-state index contributed by atoms with van der Waals surface area (Å²) in [5.41, 5.74) is 1.31. The first-order valence-electron chi connectivity index (χ1n) is 5.72. The summed E-state index contributed by atoms with van der Waals surface area (Å²) in [6.45, 7) is 2.25. The van der Waals surface area contributed by atoms with Crippen LogP contribution in [-0.2, 0) is 13.5 Å². The van der Waals surface area contributed by atoms with Gasteiger partial charge < -0.3 is 9.55 Å². The van der Waals surface area contributed by atoms with E-state index in [-0.39, 0.29) is 0 Å². The number of nitrogens with zero attached hydrogens (tertiary/aromatic N) is 3. The van der Waals surface area contributed by atoms with E-state index in [9.17, 15) is 0 Å². The Morgan fingerprint density at radius 2 is 2.38 bits per heavy atom. The summed E-state index contributed by atoms with van der Waals surface area (Å²) >= 11 is 0. The maximum absolute atomic E-state index is 4.22. The van der Waals surface area contributed by atoms with Crippen LogP contribution in [0.25, 0.3) is 0 Å². The van der Waals surface area contributed by atoms with Crippen LogP contribution in [0.2, 0.25) is 0 Å². The van der Waals surface area contributed by atoms with Gasteiger partial charge in [0.05, 0.1) is 6.33 Å². The minimum atomic E-state index is 0.558. The van der Waals surface area contributed by atoms with Crippen LogP contribution in [0.1, 0.15) is 37.2 Å². The second kappa shape index (κ2) is 4.96. The average Bonchev–Trinajstić information content (AvgIpc) is 2.88. The van der Waals surface area contributed by atoms with Crippen LogP contribution in [0.15, 0.2) is 24.9 Å². The predicted octanol–water partition coefficient (Wildman–Crippen LogP) is 2.27. The lowest BCUT2D eigenvalue weighted by atomic mass is 10.0. The molecule has 0 fully saturated rings. The Bertz CT molecular complexity index is 416. The fourth-order valence-electron chi connectivity index (χ4n) is 2.00. The van der Waals surface area contributed by atoms with Gasteiger partial charge in [-0.3, -0.25) is 0 Å². The molecule has 0 aliphatic rings. The Balaban J connectivity index is 1.80. The van der Waals surface area contributed by atoms with Crippen molar-refractivity contribution in [2.75, 3.05) is 0 Å². The molecule has 0 spiro atoms. The number of aromatic nitrogens is 4. The van der Waals surface area contributed by atoms with Gasteiger partial charge in [-0.2, -0.15) is 0 Å². The largest absolute Gasteiger partial charge is 0.349 e. The van der Waals surface area contributed by atoms with Crippen LogP contribution in [0, 0.1) is 0 Å². The zero-order valence-electron chi connectivity index (χ0n) is 9.85. The third-order valence-electron chi connectivity index (χ3n) is 2.96. The van der Waals surface area contributed by atoms with Gasteiger partial charge in [-0.05, 0) is 18.8 Å². The maximum atomic E-state index is 4.22. The Labute approximate surface area is 95.7 Å². The predicted molar refractivity (Wildman–Crippen MR) is 63.1 cm³/mol. The van der Waals surface area contributed by atoms with Crippen molar-refractivity contribution < 1.29 is 0 Å². The molecule has 0 amide bonds. The second-order valence-electron chi connectivity index (χ2n) is 4.26. The van der Waals surface area contributed by atoms with Crippen molar-refractivity contribution in [3.63, 3.8) is 0 Å². The van der Waals surface area contributed by atoms with Crippen LogP contribution in [0.5, 0.6) is 0 Å². The molecule has 0 saturated carbocycles. The van der Waals surface area contributed by atoms with Crippen molar-refractivity contribution in [3.8, 4) is 0 Å². The molecule has 1 unspecified atom stereocenters. The molecule has 86 valence electrons. The summed E-state index contributed by atoms with van der Waals surface area (Å²) in [5.74, 6) is 1.64. The smallest absolute Gasteiger partial charge is 0.105 e. The van der Waals surface area contributed by atoms with Gasteiger partial charge in [0, 0.05) is 37.8 Å². The summed E-state index contributed by atoms with van der Waals surface area (Å²) < 4.78 is 2.09. The highest BCUT2D eigenvalue weighted by Gasteiger charge is 2.09. The van der Waals surface area contributed by atoms with E-state index in [2.05, 4.69) is 26.4 Å². The van der Waals surface area contributed by atoms with Gasteiger partial charge in [0.1, 0.15) is 5.82 Å². The average molecular weight is 218 g/mol. The molecule has 16 heavy (non-hydrogen) atoms. The molecule has 1 atom stereocenters. The SMILES string of the molecule is CC(CCCc1ncc[nH]1)c1cncn1C. The van der Waals surface area contributed by atoms with Gasteiger partial charge in [-0.25, -0.2) is 9.97 Å². The first-order chi connectivity index (χ1) is 7.77. The van der Waals surface area contributed by atoms with E-state index >= 15 is 0 Å². The number of aryl methyl sites for hydroxylation is 2. The number of aromatic amines is 1. The van der Waals surface area contributed by atoms with Gasteiger partial charge in [-0.1, -0.05) is 6.92 Å². The molecule has 0 aliphatic carbocycles. The highest BCUT2D eigenvalue weighted by molar-refractivity contribution is 5.04. The molecule has 4 heteroatoms. The molecule has 2 aromatic rings. The summed E-state index contributed by atoms with van der Waals surface area (Å²) in [4.78, 5) is 11.5. The molecular weight excluding hydrogens is 200 g/mol. The molecule has 2 rings (SSSR count). The third-order valence-corrected chi connectivity index (χ3v) is 2.96. The molecule has 0 saturated heterocycles. The number of hydrogen-bond donors (Lipinski definition) is 1. The molecule has 0 aromatic carbocycles. The summed E-state index contributed by atoms with van der Waals surface area (Å²) in [7, 11) is 2.05. The maximum Gasteiger partial charge on any atom is 0.105 e. The first-order valence-corrected chi connectivity index (χ1v) is 5.72. The number of nitrogens with one attached hydrogen (secondary N) is 1. The van der Waals surface area contributed by atoms with Crippen LogP contribution in [-0.4, -0.2) is 19.5 Å². The molecule has 4 nitrogen and oxygen atoms in total. The lowest BCUT2D eigenvalue weighted by Gasteiger charge is -2.11. The van der Waals surface area contributed by atoms with E-state index in [1.807, 2.05) is 25.8 Å². The lowest BCUT2D eigenvalue weighted by molar-refractivity contribution is 0.592. The number of imidazole rings is 2. The molecule has 2 heterocycles. The first kappa shape index (κ1) is 10.9. The normalized spacial score (nSPS) is 12.9. The molecule has 1 N–H and O–H groups in total. The summed E-state index contributed by atoms with van der Waals surface area (Å²) in [6.07, 6.45) is 10.8. The van der Waals surface area contributed by atoms with E-state index in [4.69, 9.17) is 0 Å². The minimum absolute atomic E-state index is 0.558. The van der Waals surface area contributed by atoms with E-state index in [1.165, 1.54) is 12.1 Å². The Hall–Kier alpha value is -1.58. The Kier molecular flexibility index (Phi) is 3.39. The van der Waals surface area contributed by atoms with Crippen molar-refractivity contribution in [2.24, 2.45) is 7.05 Å². The van der Waals surface area contributed by atoms with Gasteiger partial charge in [0.25, 0.3) is 0 Å². The topological polar surface area (TPSA) is 46.5 Å². The summed E-state index contributed by atoms with van der Waals surface area (Å²) in [6, 6.07) is 0. The van der Waals surface area contributed by atoms with Crippen molar-refractivity contribution in [1.82, 2.24) is 19.5 Å². The van der Waals surface area contributed by atoms with E-state index < -0.39 is 0 Å². The van der Waals surface area contributed by atoms with Crippen LogP contribution >= 0.6 is 0 Å². The Morgan fingerprint density at radius 3 is 3.00 bits per heavy atom. The van der Waals surface area contributed by atoms with Crippen LogP contribution < -0.4 is 0 Å². The van der Waals surface area contributed by atoms with E-state index in [1.54, 1.807) is 6.20 Å². The van der Waals surface area contributed by atoms with Crippen LogP contribution in [0.3, 0.4) is 0 Å². The van der Waals surface area contributed by atoms with E-state index in [0.717, 1.165) is 18.7 Å². The fourth-order valence-corrected chi connectivity index (χ4v) is 2.00. The zero-order chi connectivity index (χ0) is 11.4. The van der Waals surface area contributed by atoms with Crippen molar-refractivity contribution in [1.29, 1.82) is 0 Å². The van der Waals surface area contributed by atoms with Crippen molar-refractivity contribution in [3.05, 3.63) is 36.4 Å². The molecule has 0 radical (unpaired) electrons. The second-order valence-corrected chi connectivity index (χ2v) is 4.26. The highest BCUT2D eigenvalue weighted by atomic mass is 15.0.